The number of hydrogen-bond donors (Lipinski definition) is 8. The molecule has 0 saturated carbocycles. The van der Waals surface area contributed by atoms with Crippen molar-refractivity contribution in [2.75, 3.05) is 82.5 Å². The van der Waals surface area contributed by atoms with Crippen LogP contribution in [0.25, 0.3) is 21.5 Å². The average Bonchev–Trinajstić information content (AvgIpc) is 3.25. The Labute approximate surface area is 351 Å². The first-order chi connectivity index (χ1) is 29.4. The Morgan fingerprint density at radius 1 is 0.541 bits per heavy atom. The van der Waals surface area contributed by atoms with Gasteiger partial charge >= 0.3 is 5.97 Å². The van der Waals surface area contributed by atoms with Crippen LogP contribution in [0.5, 0.6) is 0 Å². The molecule has 0 spiro atoms. The van der Waals surface area contributed by atoms with Crippen molar-refractivity contribution in [3.05, 3.63) is 77.8 Å². The number of ether oxygens (including phenoxy) is 2. The van der Waals surface area contributed by atoms with E-state index in [4.69, 9.17) is 14.6 Å². The fraction of sp³-hybridized carbons (Fsp3) is 0.512. The first kappa shape index (κ1) is 49.1. The van der Waals surface area contributed by atoms with Crippen molar-refractivity contribution >= 4 is 56.6 Å². The number of nitrogens with one attached hydrogen (secondary N) is 7. The highest BCUT2D eigenvalue weighted by Crippen LogP contribution is 2.20. The Morgan fingerprint density at radius 3 is 1.31 bits per heavy atom. The number of carbonyl (C=O) groups is 4. The fourth-order valence-electron chi connectivity index (χ4n) is 6.33. The van der Waals surface area contributed by atoms with Gasteiger partial charge in [0.1, 0.15) is 26.4 Å². The molecule has 3 amide bonds. The molecule has 20 heteroatoms. The molecule has 8 N–H and O–H groups in total. The van der Waals surface area contributed by atoms with Gasteiger partial charge < -0.3 is 40.3 Å². The van der Waals surface area contributed by atoms with Crippen LogP contribution in [0.4, 0.5) is 11.4 Å². The maximum absolute atomic E-state index is 12.0. The summed E-state index contributed by atoms with van der Waals surface area (Å²) in [5.41, 5.74) is 0.547. The third-order valence-corrected chi connectivity index (χ3v) is 9.62. The van der Waals surface area contributed by atoms with E-state index in [1.54, 1.807) is 24.3 Å². The molecule has 2 heterocycles. The van der Waals surface area contributed by atoms with Crippen molar-refractivity contribution in [2.24, 2.45) is 0 Å². The third-order valence-electron chi connectivity index (χ3n) is 9.62. The smallest absolute Gasteiger partial charge is 0.329 e. The molecule has 0 atom stereocenters. The van der Waals surface area contributed by atoms with Gasteiger partial charge in [0.25, 0.3) is 22.2 Å². The first-order valence-corrected chi connectivity index (χ1v) is 20.5. The summed E-state index contributed by atoms with van der Waals surface area (Å²) in [6, 6.07) is 10.6. The normalized spacial score (nSPS) is 10.8. The van der Waals surface area contributed by atoms with Crippen LogP contribution in [0, 0.1) is 0 Å². The van der Waals surface area contributed by atoms with E-state index in [1.807, 2.05) is 26.0 Å². The Morgan fingerprint density at radius 2 is 0.918 bits per heavy atom. The van der Waals surface area contributed by atoms with E-state index in [1.165, 1.54) is 7.05 Å². The second-order valence-electron chi connectivity index (χ2n) is 14.0. The molecule has 0 unspecified atom stereocenters. The van der Waals surface area contributed by atoms with Crippen LogP contribution in [0.2, 0.25) is 0 Å². The van der Waals surface area contributed by atoms with Crippen molar-refractivity contribution in [2.45, 2.75) is 65.2 Å². The predicted molar refractivity (Wildman–Crippen MR) is 232 cm³/mol. The number of unbranched alkanes of at least 4 members (excludes halogenated alkanes) is 6. The molecule has 0 bridgehead atoms. The number of benzene rings is 2. The van der Waals surface area contributed by atoms with Crippen LogP contribution in [-0.4, -0.2) is 122 Å². The SMILES string of the molecule is CCN(CCCCCCNC(=O)COCC(=O)NC)c1ccc2c(=O)[nH][nH]c(=O)c2c1.CCN(CCCCCCNC(=O)COCC(=O)O)c1ccc2c(=O)[nH][nH]c(=O)c2c1. The van der Waals surface area contributed by atoms with Crippen LogP contribution >= 0.6 is 0 Å². The number of carboxylic acids is 1. The highest BCUT2D eigenvalue weighted by atomic mass is 16.5. The van der Waals surface area contributed by atoms with Gasteiger partial charge in [-0.05, 0) is 75.9 Å². The lowest BCUT2D eigenvalue weighted by atomic mass is 10.1. The van der Waals surface area contributed by atoms with Gasteiger partial charge in [-0.3, -0.25) is 54.0 Å². The molecular weight excluding hydrogens is 795 g/mol. The molecule has 4 aromatic rings. The summed E-state index contributed by atoms with van der Waals surface area (Å²) in [5.74, 6) is -1.92. The number of amides is 3. The second-order valence-corrected chi connectivity index (χ2v) is 14.0. The lowest BCUT2D eigenvalue weighted by Gasteiger charge is -2.23. The van der Waals surface area contributed by atoms with Crippen LogP contribution in [0.15, 0.2) is 55.6 Å². The summed E-state index contributed by atoms with van der Waals surface area (Å²) in [6.45, 7) is 7.42. The Hall–Kier alpha value is -6.28. The zero-order valence-electron chi connectivity index (χ0n) is 35.1. The van der Waals surface area contributed by atoms with Crippen LogP contribution in [0.1, 0.15) is 65.2 Å². The first-order valence-electron chi connectivity index (χ1n) is 20.5. The number of rotatable bonds is 26. The molecule has 334 valence electrons. The van der Waals surface area contributed by atoms with E-state index in [0.717, 1.165) is 88.9 Å². The average molecular weight is 854 g/mol. The Balaban J connectivity index is 0.000000325. The Bertz CT molecular complexity index is 2270. The van der Waals surface area contributed by atoms with Gasteiger partial charge in [-0.2, -0.15) is 0 Å². The fourth-order valence-corrected chi connectivity index (χ4v) is 6.33. The zero-order valence-corrected chi connectivity index (χ0v) is 35.1. The topological polar surface area (TPSA) is 281 Å². The number of aliphatic carboxylic acids is 1. The minimum Gasteiger partial charge on any atom is -0.480 e. The van der Waals surface area contributed by atoms with Crippen molar-refractivity contribution in [3.8, 4) is 0 Å². The monoisotopic (exact) mass is 853 g/mol. The number of nitrogens with zero attached hydrogens (tertiary/aromatic N) is 2. The third kappa shape index (κ3) is 17.1. The molecule has 0 saturated heterocycles. The molecule has 4 rings (SSSR count). The predicted octanol–water partition coefficient (Wildman–Crippen LogP) is 1.30. The summed E-state index contributed by atoms with van der Waals surface area (Å²) >= 11 is 0. The Kier molecular flexibility index (Phi) is 21.5. The van der Waals surface area contributed by atoms with Gasteiger partial charge in [0.05, 0.1) is 21.5 Å². The minimum absolute atomic E-state index is 0.125. The molecule has 0 aliphatic heterocycles. The van der Waals surface area contributed by atoms with E-state index in [9.17, 15) is 38.4 Å². The summed E-state index contributed by atoms with van der Waals surface area (Å²) in [5, 5.41) is 27.2. The van der Waals surface area contributed by atoms with Crippen molar-refractivity contribution in [3.63, 3.8) is 0 Å². The van der Waals surface area contributed by atoms with Gasteiger partial charge in [0.2, 0.25) is 17.7 Å². The van der Waals surface area contributed by atoms with Crippen LogP contribution in [-0.2, 0) is 28.7 Å². The maximum Gasteiger partial charge on any atom is 0.329 e. The van der Waals surface area contributed by atoms with Crippen LogP contribution in [0.3, 0.4) is 0 Å². The van der Waals surface area contributed by atoms with E-state index in [2.05, 4.69) is 46.1 Å². The largest absolute Gasteiger partial charge is 0.480 e. The molecule has 0 fully saturated rings. The maximum atomic E-state index is 12.0. The van der Waals surface area contributed by atoms with Gasteiger partial charge in [-0.25, -0.2) is 4.79 Å². The summed E-state index contributed by atoms with van der Waals surface area (Å²) in [4.78, 5) is 96.3. The summed E-state index contributed by atoms with van der Waals surface area (Å²) in [7, 11) is 1.51. The molecule has 20 nitrogen and oxygen atoms in total. The quantitative estimate of drug-likeness (QED) is 0.0414. The number of anilines is 2. The van der Waals surface area contributed by atoms with Gasteiger partial charge in [0.15, 0.2) is 0 Å². The van der Waals surface area contributed by atoms with Crippen LogP contribution < -0.4 is 48.0 Å². The number of H-pyrrole nitrogens is 4. The molecule has 2 aromatic heterocycles. The number of aromatic nitrogens is 4. The summed E-state index contributed by atoms with van der Waals surface area (Å²) in [6.07, 6.45) is 7.52. The van der Waals surface area contributed by atoms with Crippen molar-refractivity contribution in [1.29, 1.82) is 0 Å². The molecule has 0 aliphatic rings. The second kappa shape index (κ2) is 26.7. The molecule has 61 heavy (non-hydrogen) atoms. The number of fused-ring (bicyclic) bond motifs is 2. The standard InChI is InChI=1S/C21H31N5O5.C20H28N4O6/c1-3-26(15-8-9-16-17(12-15)21(30)25-24-20(16)29)11-7-5-4-6-10-23-19(28)14-31-13-18(27)22-2;1-2-24(14-7-8-15-16(11-14)20(29)23-22-19(15)28)10-6-4-3-5-9-21-17(25)12-30-13-18(26)27/h8-9,12H,3-7,10-11,13-14H2,1-2H3,(H,22,27)(H,23,28)(H,24,29)(H,25,30);7-8,11H,2-6,9-10,12-13H2,1H3,(H,21,25)(H,22,28)(H,23,29)(H,26,27). The molecule has 2 aromatic carbocycles. The van der Waals surface area contributed by atoms with E-state index >= 15 is 0 Å². The number of hydrogen-bond acceptors (Lipinski definition) is 12. The highest BCUT2D eigenvalue weighted by molar-refractivity contribution is 5.85. The highest BCUT2D eigenvalue weighted by Gasteiger charge is 2.11. The molecule has 0 radical (unpaired) electrons. The number of aromatic amines is 4. The van der Waals surface area contributed by atoms with E-state index in [0.29, 0.717) is 34.6 Å². The van der Waals surface area contributed by atoms with Gasteiger partial charge in [0, 0.05) is 57.7 Å². The lowest BCUT2D eigenvalue weighted by Crippen LogP contribution is -2.31. The van der Waals surface area contributed by atoms with E-state index < -0.39 is 12.6 Å². The van der Waals surface area contributed by atoms with Gasteiger partial charge in [-0.15, -0.1) is 0 Å². The summed E-state index contributed by atoms with van der Waals surface area (Å²) < 4.78 is 9.71. The zero-order chi connectivity index (χ0) is 44.6. The minimum atomic E-state index is -1.10. The number of likely N-dealkylation sites (N-methyl/N-ethyl adjacent to an activating group) is 1. The number of carboxylic acid groups (broad SMARTS) is 1. The van der Waals surface area contributed by atoms with Gasteiger partial charge in [-0.1, -0.05) is 25.7 Å². The molecule has 0 aliphatic carbocycles. The van der Waals surface area contributed by atoms with E-state index in [-0.39, 0.29) is 59.8 Å². The lowest BCUT2D eigenvalue weighted by molar-refractivity contribution is -0.143. The van der Waals surface area contributed by atoms with Crippen molar-refractivity contribution in [1.82, 2.24) is 36.3 Å². The van der Waals surface area contributed by atoms with Crippen molar-refractivity contribution < 1.29 is 33.8 Å². The number of carbonyl (C=O) groups excluding carboxylic acids is 3. The molecular formula is C41H59N9O11.